The number of rotatable bonds is 1. The van der Waals surface area contributed by atoms with Crippen LogP contribution in [-0.4, -0.2) is 5.78 Å². The Morgan fingerprint density at radius 1 is 1.17 bits per heavy atom. The third-order valence-corrected chi connectivity index (χ3v) is 5.44. The number of ketones is 1. The molecule has 3 aliphatic carbocycles. The maximum Gasteiger partial charge on any atom is 0.143 e. The fraction of sp³-hybridized carbons (Fsp3) is 0.471. The van der Waals surface area contributed by atoms with E-state index in [-0.39, 0.29) is 16.7 Å². The summed E-state index contributed by atoms with van der Waals surface area (Å²) < 4.78 is 0. The standard InChI is InChI=1S/C17H18O/c1-16(2)10-17-9-8-12(17)13(14(17)15(16)18)11-6-4-3-5-7-11/h3-9,12-14H,10H2,1-2H3/t12-,13+,14+,17?/m0/s1. The summed E-state index contributed by atoms with van der Waals surface area (Å²) in [6.45, 7) is 4.24. The normalized spacial score (nSPS) is 42.8. The van der Waals surface area contributed by atoms with E-state index >= 15 is 0 Å². The molecule has 2 fully saturated rings. The van der Waals surface area contributed by atoms with Crippen LogP contribution in [0.1, 0.15) is 31.7 Å². The minimum absolute atomic E-state index is 0.128. The molecule has 2 saturated carbocycles. The number of carbonyl (C=O) groups excluding carboxylic acids is 1. The van der Waals surface area contributed by atoms with Crippen LogP contribution in [0.25, 0.3) is 0 Å². The van der Waals surface area contributed by atoms with Gasteiger partial charge in [0.05, 0.1) is 0 Å². The van der Waals surface area contributed by atoms with Crippen molar-refractivity contribution < 1.29 is 4.79 Å². The third kappa shape index (κ3) is 0.981. The smallest absolute Gasteiger partial charge is 0.143 e. The molecule has 1 aromatic rings. The first-order valence-electron chi connectivity index (χ1n) is 6.85. The van der Waals surface area contributed by atoms with Crippen molar-refractivity contribution in [2.75, 3.05) is 0 Å². The molecule has 1 heteroatoms. The fourth-order valence-corrected chi connectivity index (χ4v) is 4.69. The van der Waals surface area contributed by atoms with Gasteiger partial charge in [-0.3, -0.25) is 4.79 Å². The van der Waals surface area contributed by atoms with Gasteiger partial charge in [-0.25, -0.2) is 0 Å². The lowest BCUT2D eigenvalue weighted by Gasteiger charge is -2.61. The van der Waals surface area contributed by atoms with Crippen molar-refractivity contribution >= 4 is 5.78 Å². The summed E-state index contributed by atoms with van der Waals surface area (Å²) in [5, 5.41) is 0. The van der Waals surface area contributed by atoms with Crippen molar-refractivity contribution in [3.05, 3.63) is 48.0 Å². The van der Waals surface area contributed by atoms with Crippen molar-refractivity contribution in [1.29, 1.82) is 0 Å². The molecule has 1 unspecified atom stereocenters. The minimum Gasteiger partial charge on any atom is -0.299 e. The molecule has 1 spiro atoms. The zero-order chi connectivity index (χ0) is 12.5. The Kier molecular flexibility index (Phi) is 1.73. The predicted molar refractivity (Wildman–Crippen MR) is 71.1 cm³/mol. The summed E-state index contributed by atoms with van der Waals surface area (Å²) in [6.07, 6.45) is 5.69. The lowest BCUT2D eigenvalue weighted by molar-refractivity contribution is -0.134. The highest BCUT2D eigenvalue weighted by atomic mass is 16.1. The number of hydrogen-bond acceptors (Lipinski definition) is 1. The summed E-state index contributed by atoms with van der Waals surface area (Å²) >= 11 is 0. The predicted octanol–water partition coefficient (Wildman–Crippen LogP) is 3.57. The lowest BCUT2D eigenvalue weighted by Crippen LogP contribution is -2.56. The summed E-state index contributed by atoms with van der Waals surface area (Å²) in [4.78, 5) is 12.6. The van der Waals surface area contributed by atoms with E-state index in [4.69, 9.17) is 0 Å². The number of allylic oxidation sites excluding steroid dienone is 2. The Bertz CT molecular complexity index is 554. The van der Waals surface area contributed by atoms with Crippen LogP contribution in [0.15, 0.2) is 42.5 Å². The molecular formula is C17H18O. The van der Waals surface area contributed by atoms with Gasteiger partial charge in [-0.05, 0) is 17.9 Å². The quantitative estimate of drug-likeness (QED) is 0.684. The molecule has 0 radical (unpaired) electrons. The first-order valence-corrected chi connectivity index (χ1v) is 6.85. The summed E-state index contributed by atoms with van der Waals surface area (Å²) in [7, 11) is 0. The highest BCUT2D eigenvalue weighted by Gasteiger charge is 2.72. The molecule has 0 heterocycles. The highest BCUT2D eigenvalue weighted by Crippen LogP contribution is 2.75. The second kappa shape index (κ2) is 2.96. The molecule has 1 aromatic carbocycles. The van der Waals surface area contributed by atoms with Crippen molar-refractivity contribution in [3.63, 3.8) is 0 Å². The van der Waals surface area contributed by atoms with Gasteiger partial charge in [0.25, 0.3) is 0 Å². The van der Waals surface area contributed by atoms with Gasteiger partial charge in [-0.2, -0.15) is 0 Å². The Morgan fingerprint density at radius 2 is 1.89 bits per heavy atom. The SMILES string of the molecule is CC1(C)CC23C=C[C@H]2[C@@H](c2ccccc2)[C@@H]3C1=O. The lowest BCUT2D eigenvalue weighted by atomic mass is 9.41. The van der Waals surface area contributed by atoms with Crippen LogP contribution < -0.4 is 0 Å². The number of carbonyl (C=O) groups is 1. The van der Waals surface area contributed by atoms with E-state index in [0.717, 1.165) is 6.42 Å². The molecular weight excluding hydrogens is 220 g/mol. The van der Waals surface area contributed by atoms with E-state index in [9.17, 15) is 4.79 Å². The van der Waals surface area contributed by atoms with E-state index in [0.29, 0.717) is 17.6 Å². The van der Waals surface area contributed by atoms with E-state index < -0.39 is 0 Å². The monoisotopic (exact) mass is 238 g/mol. The van der Waals surface area contributed by atoms with Crippen LogP contribution in [0.2, 0.25) is 0 Å². The Morgan fingerprint density at radius 3 is 2.50 bits per heavy atom. The van der Waals surface area contributed by atoms with Gasteiger partial charge >= 0.3 is 0 Å². The van der Waals surface area contributed by atoms with Crippen LogP contribution in [-0.2, 0) is 4.79 Å². The molecule has 0 aliphatic heterocycles. The summed E-state index contributed by atoms with van der Waals surface area (Å²) in [5.74, 6) is 1.77. The van der Waals surface area contributed by atoms with Crippen LogP contribution >= 0.6 is 0 Å². The first kappa shape index (κ1) is 10.5. The molecule has 1 nitrogen and oxygen atoms in total. The van der Waals surface area contributed by atoms with Crippen LogP contribution in [0.4, 0.5) is 0 Å². The molecule has 4 rings (SSSR count). The van der Waals surface area contributed by atoms with Crippen LogP contribution in [0, 0.1) is 22.7 Å². The molecule has 92 valence electrons. The van der Waals surface area contributed by atoms with Gasteiger partial charge < -0.3 is 0 Å². The Balaban J connectivity index is 1.78. The molecule has 0 N–H and O–H groups in total. The molecule has 0 saturated heterocycles. The van der Waals surface area contributed by atoms with Crippen LogP contribution in [0.5, 0.6) is 0 Å². The number of hydrogen-bond donors (Lipinski definition) is 0. The van der Waals surface area contributed by atoms with Gasteiger partial charge in [0.2, 0.25) is 0 Å². The molecule has 0 bridgehead atoms. The van der Waals surface area contributed by atoms with E-state index in [1.165, 1.54) is 5.56 Å². The maximum absolute atomic E-state index is 12.6. The Labute approximate surface area is 108 Å². The third-order valence-electron chi connectivity index (χ3n) is 5.44. The highest BCUT2D eigenvalue weighted by molar-refractivity contribution is 5.93. The molecule has 0 amide bonds. The zero-order valence-electron chi connectivity index (χ0n) is 10.9. The minimum atomic E-state index is -0.128. The van der Waals surface area contributed by atoms with Gasteiger partial charge in [-0.1, -0.05) is 56.3 Å². The van der Waals surface area contributed by atoms with Gasteiger partial charge in [0, 0.05) is 22.7 Å². The number of Topliss-reactive ketones (excluding diaryl/α,β-unsaturated/α-hetero) is 1. The van der Waals surface area contributed by atoms with Gasteiger partial charge in [0.15, 0.2) is 0 Å². The van der Waals surface area contributed by atoms with Crippen LogP contribution in [0.3, 0.4) is 0 Å². The topological polar surface area (TPSA) is 17.1 Å². The first-order chi connectivity index (χ1) is 8.56. The van der Waals surface area contributed by atoms with Crippen molar-refractivity contribution in [1.82, 2.24) is 0 Å². The summed E-state index contributed by atoms with van der Waals surface area (Å²) in [5.41, 5.74) is 1.44. The van der Waals surface area contributed by atoms with Gasteiger partial charge in [-0.15, -0.1) is 0 Å². The second-order valence-electron chi connectivity index (χ2n) is 6.84. The van der Waals surface area contributed by atoms with Crippen molar-refractivity contribution in [2.24, 2.45) is 22.7 Å². The van der Waals surface area contributed by atoms with E-state index in [1.807, 2.05) is 6.07 Å². The summed E-state index contributed by atoms with van der Waals surface area (Å²) in [6, 6.07) is 10.6. The molecule has 3 aliphatic rings. The number of benzene rings is 1. The second-order valence-corrected chi connectivity index (χ2v) is 6.84. The average molecular weight is 238 g/mol. The van der Waals surface area contributed by atoms with Crippen molar-refractivity contribution in [2.45, 2.75) is 26.2 Å². The van der Waals surface area contributed by atoms with E-state index in [1.54, 1.807) is 0 Å². The molecule has 4 atom stereocenters. The van der Waals surface area contributed by atoms with Gasteiger partial charge in [0.1, 0.15) is 5.78 Å². The largest absolute Gasteiger partial charge is 0.299 e. The Hall–Kier alpha value is -1.37. The maximum atomic E-state index is 12.6. The zero-order valence-corrected chi connectivity index (χ0v) is 10.9. The molecule has 0 aromatic heterocycles. The average Bonchev–Trinajstić information content (AvgIpc) is 2.55. The molecule has 18 heavy (non-hydrogen) atoms. The van der Waals surface area contributed by atoms with E-state index in [2.05, 4.69) is 50.3 Å². The van der Waals surface area contributed by atoms with Crippen molar-refractivity contribution in [3.8, 4) is 0 Å². The fourth-order valence-electron chi connectivity index (χ4n) is 4.69.